The van der Waals surface area contributed by atoms with Crippen LogP contribution in [0, 0.1) is 6.92 Å². The van der Waals surface area contributed by atoms with E-state index in [0.29, 0.717) is 22.0 Å². The van der Waals surface area contributed by atoms with Crippen LogP contribution in [0.1, 0.15) is 50.2 Å². The second-order valence-corrected chi connectivity index (χ2v) is 12.9. The molecule has 3 aromatic rings. The van der Waals surface area contributed by atoms with Crippen molar-refractivity contribution in [3.63, 3.8) is 0 Å². The van der Waals surface area contributed by atoms with E-state index < -0.39 is 28.5 Å². The summed E-state index contributed by atoms with van der Waals surface area (Å²) < 4.78 is 34.4. The number of nitrogens with one attached hydrogen (secondary N) is 1. The molecule has 1 unspecified atom stereocenters. The Morgan fingerprint density at radius 3 is 2.36 bits per heavy atom. The van der Waals surface area contributed by atoms with Crippen LogP contribution >= 0.6 is 11.6 Å². The van der Waals surface area contributed by atoms with Gasteiger partial charge in [0.2, 0.25) is 11.8 Å². The zero-order chi connectivity index (χ0) is 30.3. The summed E-state index contributed by atoms with van der Waals surface area (Å²) in [5.41, 5.74) is 1.81. The average Bonchev–Trinajstić information content (AvgIpc) is 2.99. The molecule has 0 radical (unpaired) electrons. The molecule has 2 amide bonds. The van der Waals surface area contributed by atoms with Crippen molar-refractivity contribution in [1.29, 1.82) is 0 Å². The molecule has 1 N–H and O–H groups in total. The molecule has 1 aliphatic rings. The first kappa shape index (κ1) is 31.4. The van der Waals surface area contributed by atoms with Gasteiger partial charge in [-0.1, -0.05) is 61.2 Å². The standard InChI is InChI=1S/C32H38ClN3O5S/c1-23-10-7-8-15-30(23)36(42(39,40)29-18-16-26(33)17-19-29)22-31(37)35(21-25-11-9-14-28(20-25)41-3)24(2)32(38)34-27-12-5-4-6-13-27/h7-11,14-20,24,27H,4-6,12-13,21-22H2,1-3H3,(H,34,38). The molecule has 10 heteroatoms. The van der Waals surface area contributed by atoms with Crippen LogP contribution in [-0.4, -0.2) is 50.9 Å². The van der Waals surface area contributed by atoms with Crippen molar-refractivity contribution in [2.24, 2.45) is 0 Å². The second-order valence-electron chi connectivity index (χ2n) is 10.6. The van der Waals surface area contributed by atoms with E-state index >= 15 is 0 Å². The monoisotopic (exact) mass is 611 g/mol. The van der Waals surface area contributed by atoms with Gasteiger partial charge >= 0.3 is 0 Å². The van der Waals surface area contributed by atoms with Crippen molar-refractivity contribution >= 4 is 39.1 Å². The van der Waals surface area contributed by atoms with E-state index in [2.05, 4.69) is 5.32 Å². The van der Waals surface area contributed by atoms with Gasteiger partial charge in [0.15, 0.2) is 0 Å². The Morgan fingerprint density at radius 1 is 1.00 bits per heavy atom. The molecular formula is C32H38ClN3O5S. The quantitative estimate of drug-likeness (QED) is 0.299. The topological polar surface area (TPSA) is 96.0 Å². The molecule has 0 aromatic heterocycles. The Kier molecular flexibility index (Phi) is 10.5. The van der Waals surface area contributed by atoms with Crippen molar-refractivity contribution in [2.45, 2.75) is 69.5 Å². The number of ether oxygens (including phenoxy) is 1. The van der Waals surface area contributed by atoms with Gasteiger partial charge in [-0.15, -0.1) is 0 Å². The van der Waals surface area contributed by atoms with Gasteiger partial charge in [0.1, 0.15) is 18.3 Å². The molecule has 3 aromatic carbocycles. The summed E-state index contributed by atoms with van der Waals surface area (Å²) in [5.74, 6) is -0.155. The third-order valence-electron chi connectivity index (χ3n) is 7.67. The lowest BCUT2D eigenvalue weighted by Crippen LogP contribution is -2.53. The maximum atomic E-state index is 14.2. The Hall–Kier alpha value is -3.56. The number of halogens is 1. The van der Waals surface area contributed by atoms with Gasteiger partial charge in [-0.05, 0) is 80.3 Å². The van der Waals surface area contributed by atoms with Crippen LogP contribution in [0.5, 0.6) is 5.75 Å². The number of amides is 2. The van der Waals surface area contributed by atoms with Gasteiger partial charge in [-0.25, -0.2) is 8.42 Å². The molecule has 1 aliphatic carbocycles. The van der Waals surface area contributed by atoms with Crippen LogP contribution in [0.15, 0.2) is 77.7 Å². The molecule has 0 bridgehead atoms. The van der Waals surface area contributed by atoms with Gasteiger partial charge < -0.3 is 15.0 Å². The lowest BCUT2D eigenvalue weighted by Gasteiger charge is -2.33. The molecule has 1 saturated carbocycles. The van der Waals surface area contributed by atoms with E-state index in [1.807, 2.05) is 12.1 Å². The summed E-state index contributed by atoms with van der Waals surface area (Å²) >= 11 is 6.03. The number of rotatable bonds is 11. The fourth-order valence-corrected chi connectivity index (χ4v) is 6.81. The highest BCUT2D eigenvalue weighted by Crippen LogP contribution is 2.28. The molecule has 4 rings (SSSR count). The number of carbonyl (C=O) groups excluding carboxylic acids is 2. The van der Waals surface area contributed by atoms with Gasteiger partial charge in [0.05, 0.1) is 17.7 Å². The number of benzene rings is 3. The molecule has 42 heavy (non-hydrogen) atoms. The number of carbonyl (C=O) groups is 2. The van der Waals surface area contributed by atoms with Crippen LogP contribution in [0.4, 0.5) is 5.69 Å². The Bertz CT molecular complexity index is 1490. The Morgan fingerprint density at radius 2 is 1.69 bits per heavy atom. The number of hydrogen-bond acceptors (Lipinski definition) is 5. The molecule has 0 aliphatic heterocycles. The first-order valence-corrected chi connectivity index (χ1v) is 16.0. The number of nitrogens with zero attached hydrogens (tertiary/aromatic N) is 2. The minimum absolute atomic E-state index is 0.00499. The number of sulfonamides is 1. The van der Waals surface area contributed by atoms with E-state index in [4.69, 9.17) is 16.3 Å². The highest BCUT2D eigenvalue weighted by atomic mass is 35.5. The predicted octanol–water partition coefficient (Wildman–Crippen LogP) is 5.72. The fraction of sp³-hybridized carbons (Fsp3) is 0.375. The smallest absolute Gasteiger partial charge is 0.264 e. The van der Waals surface area contributed by atoms with Crippen LogP contribution in [0.2, 0.25) is 5.02 Å². The van der Waals surface area contributed by atoms with Crippen molar-refractivity contribution in [3.05, 3.63) is 88.9 Å². The zero-order valence-corrected chi connectivity index (χ0v) is 25.8. The summed E-state index contributed by atoms with van der Waals surface area (Å²) in [4.78, 5) is 29.1. The minimum atomic E-state index is -4.17. The maximum Gasteiger partial charge on any atom is 0.264 e. The maximum absolute atomic E-state index is 14.2. The minimum Gasteiger partial charge on any atom is -0.497 e. The molecule has 0 spiro atoms. The third kappa shape index (κ3) is 7.63. The first-order valence-electron chi connectivity index (χ1n) is 14.2. The van der Waals surface area contributed by atoms with Crippen LogP contribution < -0.4 is 14.4 Å². The highest BCUT2D eigenvalue weighted by molar-refractivity contribution is 7.92. The lowest BCUT2D eigenvalue weighted by molar-refractivity contribution is -0.139. The molecule has 8 nitrogen and oxygen atoms in total. The second kappa shape index (κ2) is 14.1. The molecule has 224 valence electrons. The van der Waals surface area contributed by atoms with E-state index in [1.165, 1.54) is 29.2 Å². The molecule has 1 fully saturated rings. The highest BCUT2D eigenvalue weighted by Gasteiger charge is 2.33. The molecular weight excluding hydrogens is 574 g/mol. The largest absolute Gasteiger partial charge is 0.497 e. The summed E-state index contributed by atoms with van der Waals surface area (Å²) in [6.07, 6.45) is 5.07. The van der Waals surface area contributed by atoms with E-state index in [1.54, 1.807) is 57.4 Å². The first-order chi connectivity index (χ1) is 20.1. The van der Waals surface area contributed by atoms with Gasteiger partial charge in [0, 0.05) is 17.6 Å². The molecule has 0 heterocycles. The summed E-state index contributed by atoms with van der Waals surface area (Å²) in [6, 6.07) is 19.3. The van der Waals surface area contributed by atoms with Crippen molar-refractivity contribution in [3.8, 4) is 5.75 Å². The SMILES string of the molecule is COc1cccc(CN(C(=O)CN(c2ccccc2C)S(=O)(=O)c2ccc(Cl)cc2)C(C)C(=O)NC2CCCCC2)c1. The summed E-state index contributed by atoms with van der Waals surface area (Å²) in [6.45, 7) is 3.07. The van der Waals surface area contributed by atoms with Crippen molar-refractivity contribution in [1.82, 2.24) is 10.2 Å². The van der Waals surface area contributed by atoms with E-state index in [-0.39, 0.29) is 23.4 Å². The number of hydrogen-bond donors (Lipinski definition) is 1. The number of anilines is 1. The average molecular weight is 612 g/mol. The zero-order valence-electron chi connectivity index (χ0n) is 24.3. The predicted molar refractivity (Wildman–Crippen MR) is 165 cm³/mol. The van der Waals surface area contributed by atoms with Crippen molar-refractivity contribution < 1.29 is 22.7 Å². The summed E-state index contributed by atoms with van der Waals surface area (Å²) in [7, 11) is -2.61. The van der Waals surface area contributed by atoms with E-state index in [9.17, 15) is 18.0 Å². The lowest BCUT2D eigenvalue weighted by atomic mass is 9.95. The van der Waals surface area contributed by atoms with Crippen LogP contribution in [0.25, 0.3) is 0 Å². The van der Waals surface area contributed by atoms with E-state index in [0.717, 1.165) is 42.0 Å². The van der Waals surface area contributed by atoms with Crippen molar-refractivity contribution in [2.75, 3.05) is 18.0 Å². The van der Waals surface area contributed by atoms with Crippen LogP contribution in [0.3, 0.4) is 0 Å². The molecule has 0 saturated heterocycles. The third-order valence-corrected chi connectivity index (χ3v) is 9.70. The fourth-order valence-electron chi connectivity index (χ4n) is 5.21. The number of aryl methyl sites for hydroxylation is 1. The molecule has 1 atom stereocenters. The van der Waals surface area contributed by atoms with Gasteiger partial charge in [-0.3, -0.25) is 13.9 Å². The van der Waals surface area contributed by atoms with Crippen LogP contribution in [-0.2, 0) is 26.2 Å². The number of methoxy groups -OCH3 is 1. The normalized spacial score (nSPS) is 14.6. The van der Waals surface area contributed by atoms with Gasteiger partial charge in [0.25, 0.3) is 10.0 Å². The Balaban J connectivity index is 1.69. The summed E-state index contributed by atoms with van der Waals surface area (Å²) in [5, 5.41) is 3.51. The number of para-hydroxylation sites is 1. The Labute approximate surface area is 253 Å². The van der Waals surface area contributed by atoms with Gasteiger partial charge in [-0.2, -0.15) is 0 Å².